The van der Waals surface area contributed by atoms with Gasteiger partial charge in [-0.25, -0.2) is 13.1 Å². The van der Waals surface area contributed by atoms with E-state index in [1.54, 1.807) is 25.1 Å². The Balaban J connectivity index is 1.51. The lowest BCUT2D eigenvalue weighted by molar-refractivity contribution is -0.136. The zero-order valence-electron chi connectivity index (χ0n) is 19.8. The molecule has 0 saturated carbocycles. The topological polar surface area (TPSA) is 148 Å². The zero-order chi connectivity index (χ0) is 27.6. The van der Waals surface area contributed by atoms with Crippen molar-refractivity contribution in [2.75, 3.05) is 5.32 Å². The van der Waals surface area contributed by atoms with Crippen LogP contribution in [0.4, 0.5) is 5.69 Å². The fourth-order valence-electron chi connectivity index (χ4n) is 3.72. The van der Waals surface area contributed by atoms with Gasteiger partial charge in [-0.1, -0.05) is 40.0 Å². The van der Waals surface area contributed by atoms with E-state index in [-0.39, 0.29) is 27.7 Å². The molecule has 1 amide bonds. The van der Waals surface area contributed by atoms with Gasteiger partial charge in [0.15, 0.2) is 15.1 Å². The van der Waals surface area contributed by atoms with Gasteiger partial charge in [-0.3, -0.25) is 14.4 Å². The lowest BCUT2D eigenvalue weighted by atomic mass is 10.2. The predicted molar refractivity (Wildman–Crippen MR) is 143 cm³/mol. The van der Waals surface area contributed by atoms with E-state index >= 15 is 0 Å². The average Bonchev–Trinajstić information content (AvgIpc) is 2.87. The Morgan fingerprint density at radius 3 is 2.39 bits per heavy atom. The van der Waals surface area contributed by atoms with Crippen LogP contribution >= 0.6 is 23.2 Å². The molecule has 2 N–H and O–H groups in total. The number of aliphatic carboxylic acids is 1. The van der Waals surface area contributed by atoms with E-state index < -0.39 is 38.9 Å². The van der Waals surface area contributed by atoms with Gasteiger partial charge < -0.3 is 10.4 Å². The second kappa shape index (κ2) is 10.9. The van der Waals surface area contributed by atoms with E-state index in [1.807, 2.05) is 0 Å². The third-order valence-electron chi connectivity index (χ3n) is 5.75. The van der Waals surface area contributed by atoms with Gasteiger partial charge in [-0.05, 0) is 67.9 Å². The first-order valence-electron chi connectivity index (χ1n) is 11.1. The summed E-state index contributed by atoms with van der Waals surface area (Å²) in [7, 11) is -4.35. The van der Waals surface area contributed by atoms with Crippen molar-refractivity contribution in [1.82, 2.24) is 15.0 Å². The molecule has 4 aromatic rings. The fraction of sp³-hybridized carbons (Fsp3) is 0.160. The number of rotatable bonds is 8. The third-order valence-corrected chi connectivity index (χ3v) is 8.61. The largest absolute Gasteiger partial charge is 0.480 e. The smallest absolute Gasteiger partial charge is 0.322 e. The highest BCUT2D eigenvalue weighted by Gasteiger charge is 2.34. The lowest BCUT2D eigenvalue weighted by Crippen LogP contribution is -2.34. The van der Waals surface area contributed by atoms with Gasteiger partial charge in [0.2, 0.25) is 0 Å². The third kappa shape index (κ3) is 5.69. The molecule has 13 heteroatoms. The Labute approximate surface area is 226 Å². The maximum atomic E-state index is 13.1. The van der Waals surface area contributed by atoms with Gasteiger partial charge in [0.1, 0.15) is 5.52 Å². The van der Waals surface area contributed by atoms with Gasteiger partial charge in [0, 0.05) is 17.8 Å². The van der Waals surface area contributed by atoms with Crippen LogP contribution in [0.5, 0.6) is 0 Å². The van der Waals surface area contributed by atoms with Gasteiger partial charge in [-0.2, -0.15) is 0 Å². The van der Waals surface area contributed by atoms with E-state index in [9.17, 15) is 27.9 Å². The highest BCUT2D eigenvalue weighted by Crippen LogP contribution is 2.24. The normalized spacial score (nSPS) is 12.3. The fourth-order valence-corrected chi connectivity index (χ4v) is 5.54. The van der Waals surface area contributed by atoms with Crippen molar-refractivity contribution in [3.05, 3.63) is 92.2 Å². The van der Waals surface area contributed by atoms with Crippen molar-refractivity contribution >= 4 is 61.5 Å². The van der Waals surface area contributed by atoms with Gasteiger partial charge in [-0.15, -0.1) is 5.10 Å². The summed E-state index contributed by atoms with van der Waals surface area (Å²) < 4.78 is 27.2. The summed E-state index contributed by atoms with van der Waals surface area (Å²) >= 11 is 11.8. The number of anilines is 1. The predicted octanol–water partition coefficient (Wildman–Crippen LogP) is 3.98. The van der Waals surface area contributed by atoms with E-state index in [4.69, 9.17) is 23.2 Å². The summed E-state index contributed by atoms with van der Waals surface area (Å²) in [5.74, 6) is -2.07. The van der Waals surface area contributed by atoms with Crippen molar-refractivity contribution in [3.8, 4) is 0 Å². The number of carboxylic acid groups (broad SMARTS) is 1. The molecule has 3 aromatic carbocycles. The molecule has 0 aliphatic rings. The molecule has 1 unspecified atom stereocenters. The van der Waals surface area contributed by atoms with E-state index in [0.717, 1.165) is 10.2 Å². The molecule has 0 aliphatic carbocycles. The second-order valence-corrected chi connectivity index (χ2v) is 11.4. The second-order valence-electron chi connectivity index (χ2n) is 8.41. The summed E-state index contributed by atoms with van der Waals surface area (Å²) in [6.07, 6.45) is -0.417. The Bertz CT molecular complexity index is 1720. The zero-order valence-corrected chi connectivity index (χ0v) is 22.1. The molecular formula is C25H20Cl2N4O6S. The first-order chi connectivity index (χ1) is 18.0. The number of halogens is 2. The summed E-state index contributed by atoms with van der Waals surface area (Å²) in [5.41, 5.74) is 1.23. The molecule has 10 nitrogen and oxygen atoms in total. The first kappa shape index (κ1) is 27.2. The summed E-state index contributed by atoms with van der Waals surface area (Å²) in [6, 6.07) is 14.5. The molecule has 0 fully saturated rings. The van der Waals surface area contributed by atoms with Gasteiger partial charge in [0.05, 0.1) is 20.3 Å². The minimum atomic E-state index is -4.35. The van der Waals surface area contributed by atoms with Crippen LogP contribution in [0.25, 0.3) is 10.9 Å². The molecule has 196 valence electrons. The number of nitrogens with zero attached hydrogens (tertiary/aromatic N) is 3. The number of sulfone groups is 1. The Hall–Kier alpha value is -3.80. The van der Waals surface area contributed by atoms with Gasteiger partial charge >= 0.3 is 5.97 Å². The molecule has 0 radical (unpaired) electrons. The number of amides is 1. The molecule has 4 rings (SSSR count). The molecule has 1 atom stereocenters. The SMILES string of the molecule is Cc1ccc2nnn(CCC(C(=O)O)S(=O)(=O)c3ccc(NC(=O)c4ccc(Cl)c(Cl)c4)cc3)c(=O)c2c1. The van der Waals surface area contributed by atoms with Crippen LogP contribution < -0.4 is 10.9 Å². The lowest BCUT2D eigenvalue weighted by Gasteiger charge is -2.15. The minimum Gasteiger partial charge on any atom is -0.480 e. The number of hydrogen-bond acceptors (Lipinski definition) is 7. The van der Waals surface area contributed by atoms with Crippen molar-refractivity contribution in [2.45, 2.75) is 30.0 Å². The minimum absolute atomic E-state index is 0.201. The van der Waals surface area contributed by atoms with Crippen LogP contribution in [-0.2, 0) is 21.2 Å². The summed E-state index contributed by atoms with van der Waals surface area (Å²) in [5, 5.41) is 19.0. The van der Waals surface area contributed by atoms with Crippen molar-refractivity contribution in [2.24, 2.45) is 0 Å². The molecule has 0 aliphatic heterocycles. The highest BCUT2D eigenvalue weighted by atomic mass is 35.5. The maximum Gasteiger partial charge on any atom is 0.322 e. The van der Waals surface area contributed by atoms with E-state index in [1.165, 1.54) is 42.5 Å². The molecule has 1 aromatic heterocycles. The molecule has 0 bridgehead atoms. The van der Waals surface area contributed by atoms with Crippen LogP contribution in [0.2, 0.25) is 10.0 Å². The van der Waals surface area contributed by atoms with E-state index in [0.29, 0.717) is 15.9 Å². The van der Waals surface area contributed by atoms with Gasteiger partial charge in [0.25, 0.3) is 11.5 Å². The van der Waals surface area contributed by atoms with Crippen LogP contribution in [0.1, 0.15) is 22.3 Å². The van der Waals surface area contributed by atoms with Crippen molar-refractivity contribution < 1.29 is 23.1 Å². The highest BCUT2D eigenvalue weighted by molar-refractivity contribution is 7.92. The Morgan fingerprint density at radius 1 is 1.03 bits per heavy atom. The number of carboxylic acids is 1. The number of nitrogens with one attached hydrogen (secondary N) is 1. The number of aromatic nitrogens is 3. The quantitative estimate of drug-likeness (QED) is 0.321. The summed E-state index contributed by atoms with van der Waals surface area (Å²) in [6.45, 7) is 1.53. The number of benzene rings is 3. The van der Waals surface area contributed by atoms with Crippen LogP contribution in [0.15, 0.2) is 70.4 Å². The Morgan fingerprint density at radius 2 is 1.74 bits per heavy atom. The summed E-state index contributed by atoms with van der Waals surface area (Å²) in [4.78, 5) is 36.9. The number of fused-ring (bicyclic) bond motifs is 1. The standard InChI is InChI=1S/C25H20Cl2N4O6S/c1-14-2-9-21-18(12-14)24(33)31(30-29-21)11-10-22(25(34)35)38(36,37)17-6-4-16(5-7-17)28-23(32)15-3-8-19(26)20(27)13-15/h2-9,12-13,22H,10-11H2,1H3,(H,28,32)(H,34,35). The molecule has 1 heterocycles. The molecular weight excluding hydrogens is 555 g/mol. The number of aryl methyl sites for hydroxylation is 2. The first-order valence-corrected chi connectivity index (χ1v) is 13.4. The van der Waals surface area contributed by atoms with Crippen LogP contribution in [0.3, 0.4) is 0 Å². The van der Waals surface area contributed by atoms with E-state index in [2.05, 4.69) is 15.6 Å². The van der Waals surface area contributed by atoms with Crippen LogP contribution in [0, 0.1) is 6.92 Å². The number of carbonyl (C=O) groups is 2. The van der Waals surface area contributed by atoms with Crippen molar-refractivity contribution in [1.29, 1.82) is 0 Å². The number of hydrogen-bond donors (Lipinski definition) is 2. The van der Waals surface area contributed by atoms with Crippen molar-refractivity contribution in [3.63, 3.8) is 0 Å². The average molecular weight is 575 g/mol. The van der Waals surface area contributed by atoms with Crippen LogP contribution in [-0.4, -0.2) is 45.6 Å². The molecule has 38 heavy (non-hydrogen) atoms. The number of carbonyl (C=O) groups excluding carboxylic acids is 1. The maximum absolute atomic E-state index is 13.1. The molecule has 0 saturated heterocycles. The molecule has 0 spiro atoms. The monoisotopic (exact) mass is 574 g/mol. The Kier molecular flexibility index (Phi) is 7.81.